The fraction of sp³-hybridized carbons (Fsp3) is 0.143. The Kier molecular flexibility index (Phi) is 17.1. The Labute approximate surface area is 167 Å². The maximum absolute atomic E-state index is 2.19. The Balaban J connectivity index is -0.000000640. The van der Waals surface area contributed by atoms with Crippen LogP contribution < -0.4 is 63.4 Å². The number of hydrogen-bond donors (Lipinski definition) is 0. The van der Waals surface area contributed by atoms with Crippen molar-refractivity contribution < 1.29 is 52.8 Å². The van der Waals surface area contributed by atoms with Gasteiger partial charge in [0.1, 0.15) is 0 Å². The van der Waals surface area contributed by atoms with Gasteiger partial charge in [-0.2, -0.15) is 0 Å². The second kappa shape index (κ2) is 12.9. The Morgan fingerprint density at radius 3 is 1.16 bits per heavy atom. The smallest absolute Gasteiger partial charge is 1.00 e. The first-order chi connectivity index (χ1) is 7.24. The molecule has 5 heteroatoms. The molecular weight excluding hydrogens is 390 g/mol. The summed E-state index contributed by atoms with van der Waals surface area (Å²) in [4.78, 5) is 0. The van der Waals surface area contributed by atoms with E-state index in [1.165, 1.54) is 30.3 Å². The van der Waals surface area contributed by atoms with E-state index in [4.69, 9.17) is 0 Å². The first-order valence-electron chi connectivity index (χ1n) is 5.09. The molecule has 0 atom stereocenters. The molecule has 0 fully saturated rings. The van der Waals surface area contributed by atoms with E-state index in [2.05, 4.69) is 62.4 Å². The summed E-state index contributed by atoms with van der Waals surface area (Å²) in [5.41, 5.74) is 2.63. The van der Waals surface area contributed by atoms with Crippen LogP contribution in [0.5, 0.6) is 0 Å². The summed E-state index contributed by atoms with van der Waals surface area (Å²) in [7, 11) is 1.29. The molecule has 0 N–H and O–H groups in total. The molecule has 0 unspecified atom stereocenters. The second-order valence-electron chi connectivity index (χ2n) is 3.78. The van der Waals surface area contributed by atoms with E-state index in [9.17, 15) is 0 Å². The van der Waals surface area contributed by atoms with Gasteiger partial charge < -0.3 is 42.5 Å². The van der Waals surface area contributed by atoms with Gasteiger partial charge in [-0.15, -0.1) is 0 Å². The van der Waals surface area contributed by atoms with Gasteiger partial charge in [0.05, 0.1) is 0 Å². The summed E-state index contributed by atoms with van der Waals surface area (Å²) < 4.78 is 0. The van der Waals surface area contributed by atoms with Crippen molar-refractivity contribution in [3.63, 3.8) is 0 Å². The summed E-state index contributed by atoms with van der Waals surface area (Å²) in [5, 5.41) is 2.70. The molecule has 0 nitrogen and oxygen atoms in total. The standard InChI is InChI=1S/C14H14P.2BrH.Li.Mg/c1-11-3-7-13(8-4-11)15-14-9-5-12(2)6-10-14;;;;/h3-10H,1-2H3;2*1H;;/q-1;;;+1;+2/p-2. The van der Waals surface area contributed by atoms with Crippen LogP contribution >= 0.6 is 8.58 Å². The molecule has 2 rings (SSSR count). The van der Waals surface area contributed by atoms with Crippen molar-refractivity contribution in [3.05, 3.63) is 59.7 Å². The van der Waals surface area contributed by atoms with E-state index in [-0.39, 0.29) is 75.9 Å². The van der Waals surface area contributed by atoms with Crippen LogP contribution in [0.2, 0.25) is 0 Å². The summed E-state index contributed by atoms with van der Waals surface area (Å²) in [6.45, 7) is 4.24. The van der Waals surface area contributed by atoms with Gasteiger partial charge in [-0.3, -0.25) is 0 Å². The fourth-order valence-electron chi connectivity index (χ4n) is 1.39. The molecule has 0 aliphatic heterocycles. The average molecular weight is 404 g/mol. The summed E-state index contributed by atoms with van der Waals surface area (Å²) in [6.07, 6.45) is 0. The van der Waals surface area contributed by atoms with E-state index < -0.39 is 0 Å². The predicted molar refractivity (Wildman–Crippen MR) is 74.3 cm³/mol. The number of benzene rings is 2. The van der Waals surface area contributed by atoms with Crippen LogP contribution in [-0.2, 0) is 0 Å². The zero-order valence-electron chi connectivity index (χ0n) is 11.5. The van der Waals surface area contributed by atoms with Gasteiger partial charge in [0.2, 0.25) is 0 Å². The fourth-order valence-corrected chi connectivity index (χ4v) is 2.28. The monoisotopic (exact) mass is 402 g/mol. The molecule has 0 aliphatic rings. The van der Waals surface area contributed by atoms with E-state index in [1.807, 2.05) is 0 Å². The van der Waals surface area contributed by atoms with Crippen molar-refractivity contribution in [2.75, 3.05) is 0 Å². The molecule has 0 aliphatic carbocycles. The Morgan fingerprint density at radius 2 is 0.895 bits per heavy atom. The Bertz CT molecular complexity index is 403. The van der Waals surface area contributed by atoms with Gasteiger partial charge in [-0.25, -0.2) is 10.6 Å². The van der Waals surface area contributed by atoms with E-state index >= 15 is 0 Å². The predicted octanol–water partition coefficient (Wildman–Crippen LogP) is -6.17. The van der Waals surface area contributed by atoms with Gasteiger partial charge in [-0.1, -0.05) is 59.7 Å². The summed E-state index contributed by atoms with van der Waals surface area (Å²) >= 11 is 0. The SMILES string of the molecule is Cc1ccc([P-]c2ccc(C)cc2)cc1.[Br-].[Br-].[Li+].[Mg+2]. The van der Waals surface area contributed by atoms with Crippen LogP contribution in [0.3, 0.4) is 0 Å². The van der Waals surface area contributed by atoms with Crippen LogP contribution in [0, 0.1) is 13.8 Å². The quantitative estimate of drug-likeness (QED) is 0.346. The maximum Gasteiger partial charge on any atom is 2.00 e. The van der Waals surface area contributed by atoms with Crippen molar-refractivity contribution >= 4 is 42.2 Å². The third kappa shape index (κ3) is 8.94. The third-order valence-corrected chi connectivity index (χ3v) is 3.44. The molecule has 0 amide bonds. The van der Waals surface area contributed by atoms with Crippen LogP contribution in [0.15, 0.2) is 48.5 Å². The largest absolute Gasteiger partial charge is 2.00 e. The van der Waals surface area contributed by atoms with Crippen molar-refractivity contribution in [2.24, 2.45) is 0 Å². The minimum absolute atomic E-state index is 0. The molecule has 0 bridgehead atoms. The molecule has 2 aromatic rings. The van der Waals surface area contributed by atoms with Gasteiger partial charge >= 0.3 is 41.9 Å². The molecule has 2 aromatic carbocycles. The van der Waals surface area contributed by atoms with Gasteiger partial charge in [0.15, 0.2) is 0 Å². The molecule has 0 saturated heterocycles. The minimum Gasteiger partial charge on any atom is -1.00 e. The summed E-state index contributed by atoms with van der Waals surface area (Å²) in [5.74, 6) is 0. The van der Waals surface area contributed by atoms with E-state index in [1.54, 1.807) is 0 Å². The molecular formula is C14H14Br2LiMgP. The number of hydrogen-bond acceptors (Lipinski definition) is 0. The zero-order valence-corrected chi connectivity index (χ0v) is 17.0. The van der Waals surface area contributed by atoms with E-state index in [0.717, 1.165) is 0 Å². The maximum atomic E-state index is 2.19. The Morgan fingerprint density at radius 1 is 0.632 bits per heavy atom. The average Bonchev–Trinajstić information content (AvgIpc) is 2.25. The molecule has 0 aromatic heterocycles. The molecule has 0 heterocycles. The van der Waals surface area contributed by atoms with Crippen molar-refractivity contribution in [3.8, 4) is 0 Å². The van der Waals surface area contributed by atoms with Crippen molar-refractivity contribution in [2.45, 2.75) is 13.8 Å². The molecule has 0 saturated carbocycles. The Hall–Kier alpha value is 1.19. The normalized spacial score (nSPS) is 8.11. The third-order valence-electron chi connectivity index (χ3n) is 2.33. The number of rotatable bonds is 2. The second-order valence-corrected chi connectivity index (χ2v) is 5.04. The summed E-state index contributed by atoms with van der Waals surface area (Å²) in [6, 6.07) is 17.4. The van der Waals surface area contributed by atoms with Gasteiger partial charge in [0.25, 0.3) is 0 Å². The zero-order chi connectivity index (χ0) is 10.7. The van der Waals surface area contributed by atoms with Crippen molar-refractivity contribution in [1.29, 1.82) is 0 Å². The first-order valence-corrected chi connectivity index (χ1v) is 5.98. The molecule has 92 valence electrons. The van der Waals surface area contributed by atoms with E-state index in [0.29, 0.717) is 0 Å². The van der Waals surface area contributed by atoms with Gasteiger partial charge in [0, 0.05) is 0 Å². The number of halogens is 2. The molecule has 19 heavy (non-hydrogen) atoms. The topological polar surface area (TPSA) is 0 Å². The van der Waals surface area contributed by atoms with Gasteiger partial charge in [-0.05, 0) is 13.8 Å². The minimum atomic E-state index is 0. The van der Waals surface area contributed by atoms with Crippen LogP contribution in [0.25, 0.3) is 0 Å². The van der Waals surface area contributed by atoms with Crippen molar-refractivity contribution in [1.82, 2.24) is 0 Å². The van der Waals surface area contributed by atoms with Crippen LogP contribution in [0.1, 0.15) is 11.1 Å². The van der Waals surface area contributed by atoms with Crippen LogP contribution in [0.4, 0.5) is 0 Å². The first kappa shape index (κ1) is 25.2. The molecule has 0 radical (unpaired) electrons. The van der Waals surface area contributed by atoms with Crippen LogP contribution in [-0.4, -0.2) is 23.1 Å². The molecule has 0 spiro atoms. The number of aryl methyl sites for hydroxylation is 2.